The van der Waals surface area contributed by atoms with E-state index in [0.29, 0.717) is 18.0 Å². The Hall–Kier alpha value is -3.70. The molecule has 10 nitrogen and oxygen atoms in total. The molecule has 3 aliphatic rings. The van der Waals surface area contributed by atoms with Gasteiger partial charge in [0.2, 0.25) is 0 Å². The van der Waals surface area contributed by atoms with Gasteiger partial charge in [-0.05, 0) is 37.3 Å². The first-order chi connectivity index (χ1) is 20.7. The zero-order valence-corrected chi connectivity index (χ0v) is 24.9. The highest BCUT2D eigenvalue weighted by Crippen LogP contribution is 2.48. The Morgan fingerprint density at radius 3 is 2.33 bits per heavy atom. The summed E-state index contributed by atoms with van der Waals surface area (Å²) >= 11 is 0. The first-order valence-corrected chi connectivity index (χ1v) is 16.7. The van der Waals surface area contributed by atoms with E-state index in [4.69, 9.17) is 0 Å². The number of nitrogens with zero attached hydrogens (tertiary/aromatic N) is 4. The fourth-order valence-corrected chi connectivity index (χ4v) is 8.41. The van der Waals surface area contributed by atoms with E-state index in [1.54, 1.807) is 24.5 Å². The van der Waals surface area contributed by atoms with Crippen molar-refractivity contribution in [1.82, 2.24) is 19.4 Å². The maximum absolute atomic E-state index is 14.4. The fraction of sp³-hybridized carbons (Fsp3) is 0.469. The Balaban J connectivity index is 1.38. The predicted octanol–water partition coefficient (Wildman–Crippen LogP) is 4.47. The van der Waals surface area contributed by atoms with Gasteiger partial charge in [-0.15, -0.1) is 0 Å². The summed E-state index contributed by atoms with van der Waals surface area (Å²) in [4.78, 5) is 33.6. The number of carbonyl (C=O) groups is 2. The number of amides is 2. The largest absolute Gasteiger partial charge is 0.465 e. The van der Waals surface area contributed by atoms with Gasteiger partial charge >= 0.3 is 6.09 Å². The van der Waals surface area contributed by atoms with Crippen molar-refractivity contribution in [3.05, 3.63) is 72.7 Å². The Labute approximate surface area is 251 Å². The summed E-state index contributed by atoms with van der Waals surface area (Å²) in [5, 5.41) is 21.7. The van der Waals surface area contributed by atoms with Gasteiger partial charge in [0.25, 0.3) is 5.91 Å². The Morgan fingerprint density at radius 2 is 1.65 bits per heavy atom. The van der Waals surface area contributed by atoms with Gasteiger partial charge in [-0.2, -0.15) is 0 Å². The molecule has 2 aromatic carbocycles. The number of imidazole rings is 1. The predicted molar refractivity (Wildman–Crippen MR) is 160 cm³/mol. The van der Waals surface area contributed by atoms with Gasteiger partial charge in [0, 0.05) is 25.2 Å². The van der Waals surface area contributed by atoms with Gasteiger partial charge in [-0.1, -0.05) is 74.2 Å². The van der Waals surface area contributed by atoms with E-state index in [0.717, 1.165) is 49.0 Å². The average Bonchev–Trinajstić information content (AvgIpc) is 3.71. The molecule has 0 bridgehead atoms. The van der Waals surface area contributed by atoms with Gasteiger partial charge in [-0.3, -0.25) is 4.79 Å². The zero-order chi connectivity index (χ0) is 30.2. The van der Waals surface area contributed by atoms with Crippen molar-refractivity contribution in [2.45, 2.75) is 67.5 Å². The summed E-state index contributed by atoms with van der Waals surface area (Å²) in [6.45, 7) is -0.0252. The molecule has 3 aromatic rings. The number of piperazine rings is 1. The number of carboxylic acid groups (broad SMARTS) is 1. The smallest absolute Gasteiger partial charge is 0.407 e. The summed E-state index contributed by atoms with van der Waals surface area (Å²) in [6, 6.07) is 16.3. The lowest BCUT2D eigenvalue weighted by atomic mass is 9.76. The molecule has 0 unspecified atom stereocenters. The number of aliphatic hydroxyl groups is 1. The van der Waals surface area contributed by atoms with Crippen molar-refractivity contribution in [3.8, 4) is 11.3 Å². The normalized spacial score (nSPS) is 24.6. The van der Waals surface area contributed by atoms with E-state index in [2.05, 4.69) is 4.98 Å². The Bertz CT molecular complexity index is 1570. The lowest BCUT2D eigenvalue weighted by Crippen LogP contribution is -2.58. The lowest BCUT2D eigenvalue weighted by Gasteiger charge is -2.42. The van der Waals surface area contributed by atoms with Crippen molar-refractivity contribution in [1.29, 1.82) is 0 Å². The molecular weight excluding hydrogens is 568 g/mol. The number of rotatable bonds is 8. The van der Waals surface area contributed by atoms with E-state index in [-0.39, 0.29) is 36.3 Å². The van der Waals surface area contributed by atoms with Crippen LogP contribution in [0.15, 0.2) is 71.9 Å². The van der Waals surface area contributed by atoms with Gasteiger partial charge in [0.1, 0.15) is 0 Å². The maximum Gasteiger partial charge on any atom is 0.407 e. The zero-order valence-electron chi connectivity index (χ0n) is 24.1. The van der Waals surface area contributed by atoms with Crippen LogP contribution in [0.2, 0.25) is 0 Å². The Morgan fingerprint density at radius 1 is 0.953 bits per heavy atom. The highest BCUT2D eigenvalue weighted by Gasteiger charge is 2.45. The van der Waals surface area contributed by atoms with Crippen LogP contribution in [0.25, 0.3) is 11.3 Å². The molecule has 43 heavy (non-hydrogen) atoms. The molecule has 2 N–H and O–H groups in total. The van der Waals surface area contributed by atoms with Crippen molar-refractivity contribution in [3.63, 3.8) is 0 Å². The second-order valence-electron chi connectivity index (χ2n) is 12.2. The molecule has 2 amide bonds. The SMILES string of the molecule is O=C(O)N1CCN(C(=O)c2ncn([C@@H]3CCCC[C@@]3(O)CC3CC3)c2-c2ccccc2)[C@H](CS(=O)(=O)c2ccccc2)C1. The molecule has 0 spiro atoms. The van der Waals surface area contributed by atoms with Gasteiger partial charge in [0.05, 0.1) is 40.4 Å². The fourth-order valence-electron chi connectivity index (χ4n) is 6.85. The van der Waals surface area contributed by atoms with Gasteiger partial charge < -0.3 is 24.6 Å². The minimum absolute atomic E-state index is 0.0379. The molecule has 6 rings (SSSR count). The van der Waals surface area contributed by atoms with Crippen molar-refractivity contribution < 1.29 is 28.2 Å². The third-order valence-corrected chi connectivity index (χ3v) is 11.0. The second kappa shape index (κ2) is 11.8. The summed E-state index contributed by atoms with van der Waals surface area (Å²) in [6.07, 6.45) is 6.85. The third kappa shape index (κ3) is 6.05. The summed E-state index contributed by atoms with van der Waals surface area (Å²) < 4.78 is 28.8. The number of carbonyl (C=O) groups excluding carboxylic acids is 1. The van der Waals surface area contributed by atoms with Crippen LogP contribution in [-0.4, -0.2) is 87.0 Å². The van der Waals surface area contributed by atoms with Crippen molar-refractivity contribution in [2.75, 3.05) is 25.4 Å². The molecule has 3 fully saturated rings. The highest BCUT2D eigenvalue weighted by molar-refractivity contribution is 7.91. The maximum atomic E-state index is 14.4. The molecule has 2 saturated carbocycles. The second-order valence-corrected chi connectivity index (χ2v) is 14.2. The summed E-state index contributed by atoms with van der Waals surface area (Å²) in [5.41, 5.74) is 0.650. The van der Waals surface area contributed by atoms with Crippen LogP contribution in [0.1, 0.15) is 61.5 Å². The average molecular weight is 607 g/mol. The molecule has 1 saturated heterocycles. The van der Waals surface area contributed by atoms with E-state index in [9.17, 15) is 28.2 Å². The van der Waals surface area contributed by atoms with E-state index < -0.39 is 39.2 Å². The first-order valence-electron chi connectivity index (χ1n) is 15.1. The van der Waals surface area contributed by atoms with Crippen LogP contribution in [-0.2, 0) is 9.84 Å². The van der Waals surface area contributed by atoms with Crippen molar-refractivity contribution in [2.24, 2.45) is 5.92 Å². The van der Waals surface area contributed by atoms with Crippen molar-refractivity contribution >= 4 is 21.8 Å². The molecule has 1 aliphatic heterocycles. The van der Waals surface area contributed by atoms with Crippen LogP contribution in [0.3, 0.4) is 0 Å². The van der Waals surface area contributed by atoms with E-state index >= 15 is 0 Å². The number of aromatic nitrogens is 2. The molecule has 0 radical (unpaired) electrons. The monoisotopic (exact) mass is 606 g/mol. The molecule has 2 heterocycles. The third-order valence-electron chi connectivity index (χ3n) is 9.20. The van der Waals surface area contributed by atoms with Crippen LogP contribution < -0.4 is 0 Å². The number of benzene rings is 2. The summed E-state index contributed by atoms with van der Waals surface area (Å²) in [5.74, 6) is -0.344. The van der Waals surface area contributed by atoms with Gasteiger partial charge in [0.15, 0.2) is 15.5 Å². The number of hydrogen-bond donors (Lipinski definition) is 2. The van der Waals surface area contributed by atoms with Gasteiger partial charge in [-0.25, -0.2) is 18.2 Å². The number of sulfone groups is 1. The first kappa shape index (κ1) is 29.4. The van der Waals surface area contributed by atoms with E-state index in [1.165, 1.54) is 17.0 Å². The minimum Gasteiger partial charge on any atom is -0.465 e. The molecule has 11 heteroatoms. The quantitative estimate of drug-likeness (QED) is 0.387. The minimum atomic E-state index is -3.83. The Kier molecular flexibility index (Phi) is 8.04. The molecular formula is C32H38N4O6S. The topological polar surface area (TPSA) is 133 Å². The van der Waals surface area contributed by atoms with Crippen LogP contribution in [0, 0.1) is 5.92 Å². The number of hydrogen-bond acceptors (Lipinski definition) is 6. The molecule has 1 aromatic heterocycles. The van der Waals surface area contributed by atoms with Crippen LogP contribution >= 0.6 is 0 Å². The standard InChI is InChI=1S/C32H38N4O6S/c37-30(35-18-17-34(31(38)39)20-25(35)21-43(41,42)26-11-5-2-6-12-26)28-29(24-9-3-1-4-10-24)36(22-33-28)27-13-7-8-16-32(27,40)19-23-14-15-23/h1-6,9-12,22-23,25,27,40H,7-8,13-21H2,(H,38,39)/t25-,27+,32+/m0/s1. The lowest BCUT2D eigenvalue weighted by molar-refractivity contribution is -0.0518. The molecule has 3 atom stereocenters. The van der Waals surface area contributed by atoms with Crippen LogP contribution in [0.5, 0.6) is 0 Å². The molecule has 228 valence electrons. The summed E-state index contributed by atoms with van der Waals surface area (Å²) in [7, 11) is -3.83. The molecule has 2 aliphatic carbocycles. The van der Waals surface area contributed by atoms with Crippen LogP contribution in [0.4, 0.5) is 4.79 Å². The van der Waals surface area contributed by atoms with E-state index in [1.807, 2.05) is 34.9 Å². The highest BCUT2D eigenvalue weighted by atomic mass is 32.2.